The third kappa shape index (κ3) is 2.52. The van der Waals surface area contributed by atoms with Gasteiger partial charge in [0.05, 0.1) is 23.8 Å². The molecule has 0 saturated heterocycles. The van der Waals surface area contributed by atoms with E-state index in [1.807, 2.05) is 0 Å². The van der Waals surface area contributed by atoms with Gasteiger partial charge < -0.3 is 9.47 Å². The van der Waals surface area contributed by atoms with Gasteiger partial charge in [-0.25, -0.2) is 4.79 Å². The minimum atomic E-state index is -1.22. The van der Waals surface area contributed by atoms with E-state index in [0.29, 0.717) is 21.8 Å². The Morgan fingerprint density at radius 3 is 2.54 bits per heavy atom. The molecule has 0 radical (unpaired) electrons. The highest BCUT2D eigenvalue weighted by molar-refractivity contribution is 6.30. The Balaban J connectivity index is 2.28. The van der Waals surface area contributed by atoms with E-state index in [4.69, 9.17) is 21.1 Å². The molecule has 1 aliphatic heterocycles. The van der Waals surface area contributed by atoms with Crippen LogP contribution >= 0.6 is 11.6 Å². The molecule has 0 saturated carbocycles. The second kappa shape index (κ2) is 5.68. The first-order valence-electron chi connectivity index (χ1n) is 6.98. The van der Waals surface area contributed by atoms with Gasteiger partial charge in [0.1, 0.15) is 5.75 Å². The number of cyclic esters (lactones) is 1. The summed E-state index contributed by atoms with van der Waals surface area (Å²) < 4.78 is 10.7. The number of rotatable bonds is 3. The predicted molar refractivity (Wildman–Crippen MR) is 87.7 cm³/mol. The number of halogens is 1. The van der Waals surface area contributed by atoms with Crippen LogP contribution in [-0.2, 0) is 10.3 Å². The van der Waals surface area contributed by atoms with E-state index in [0.717, 1.165) is 0 Å². The number of hydrogen-bond donors (Lipinski definition) is 1. The summed E-state index contributed by atoms with van der Waals surface area (Å²) in [5, 5.41) is 14.3. The quantitative estimate of drug-likeness (QED) is 0.666. The molecule has 1 atom stereocenters. The van der Waals surface area contributed by atoms with Crippen molar-refractivity contribution < 1.29 is 19.2 Å². The van der Waals surface area contributed by atoms with Gasteiger partial charge in [0.15, 0.2) is 5.60 Å². The summed E-state index contributed by atoms with van der Waals surface area (Å²) in [5.74, 6) is 0.191. The van der Waals surface area contributed by atoms with Crippen molar-refractivity contribution in [1.82, 2.24) is 0 Å². The molecule has 1 unspecified atom stereocenters. The number of non-ortho nitro benzene ring substituents is 1. The zero-order chi connectivity index (χ0) is 17.5. The number of nitro benzene ring substituents is 1. The number of benzene rings is 2. The summed E-state index contributed by atoms with van der Waals surface area (Å²) >= 11 is 5.91. The van der Waals surface area contributed by atoms with E-state index in [1.165, 1.54) is 19.2 Å². The van der Waals surface area contributed by atoms with Crippen LogP contribution in [0.3, 0.4) is 0 Å². The number of carbonyl (C=O) groups excluding carboxylic acids is 1. The third-order valence-corrected chi connectivity index (χ3v) is 4.20. The Morgan fingerprint density at radius 1 is 1.29 bits per heavy atom. The van der Waals surface area contributed by atoms with Gasteiger partial charge in [-0.05, 0) is 19.1 Å². The number of nitro groups is 1. The maximum Gasteiger partial charge on any atom is 0.412 e. The first-order valence-corrected chi connectivity index (χ1v) is 7.36. The van der Waals surface area contributed by atoms with Crippen LogP contribution < -0.4 is 10.1 Å². The van der Waals surface area contributed by atoms with Crippen LogP contribution in [0.15, 0.2) is 36.4 Å². The van der Waals surface area contributed by atoms with E-state index < -0.39 is 16.6 Å². The number of nitrogens with one attached hydrogen (secondary N) is 1. The van der Waals surface area contributed by atoms with Gasteiger partial charge >= 0.3 is 6.09 Å². The standard InChI is InChI=1S/C16H13ClN2O5/c1-16(9-3-5-10(17)6-4-9)12-7-11(19(21)22)8-13(23-2)14(12)18-15(20)24-16/h3-8H,1-2H3,(H,18,20). The summed E-state index contributed by atoms with van der Waals surface area (Å²) in [4.78, 5) is 22.7. The molecule has 1 N–H and O–H groups in total. The Hall–Kier alpha value is -2.80. The third-order valence-electron chi connectivity index (χ3n) is 3.95. The van der Waals surface area contributed by atoms with Crippen LogP contribution in [0.25, 0.3) is 0 Å². The molecule has 2 aromatic rings. The fourth-order valence-corrected chi connectivity index (χ4v) is 2.85. The van der Waals surface area contributed by atoms with E-state index in [-0.39, 0.29) is 11.4 Å². The molecule has 1 heterocycles. The largest absolute Gasteiger partial charge is 0.494 e. The summed E-state index contributed by atoms with van der Waals surface area (Å²) in [6.45, 7) is 1.66. The average Bonchev–Trinajstić information content (AvgIpc) is 2.54. The fraction of sp³-hybridized carbons (Fsp3) is 0.188. The van der Waals surface area contributed by atoms with Crippen molar-refractivity contribution >= 4 is 29.1 Å². The van der Waals surface area contributed by atoms with Gasteiger partial charge in [-0.15, -0.1) is 0 Å². The molecule has 1 amide bonds. The summed E-state index contributed by atoms with van der Waals surface area (Å²) in [6.07, 6.45) is -0.674. The number of fused-ring (bicyclic) bond motifs is 1. The van der Waals surface area contributed by atoms with Crippen molar-refractivity contribution in [2.45, 2.75) is 12.5 Å². The second-order valence-corrected chi connectivity index (χ2v) is 5.82. The smallest absolute Gasteiger partial charge is 0.412 e. The molecule has 0 aliphatic carbocycles. The van der Waals surface area contributed by atoms with Crippen LogP contribution in [0.1, 0.15) is 18.1 Å². The summed E-state index contributed by atoms with van der Waals surface area (Å²) in [5.41, 5.74) is 0.0185. The number of amides is 1. The molecule has 24 heavy (non-hydrogen) atoms. The van der Waals surface area contributed by atoms with Gasteiger partial charge in [0, 0.05) is 22.2 Å². The average molecular weight is 349 g/mol. The van der Waals surface area contributed by atoms with Crippen LogP contribution in [-0.4, -0.2) is 18.1 Å². The Morgan fingerprint density at radius 2 is 1.96 bits per heavy atom. The van der Waals surface area contributed by atoms with Crippen LogP contribution in [0.2, 0.25) is 5.02 Å². The van der Waals surface area contributed by atoms with Crippen LogP contribution in [0, 0.1) is 10.1 Å². The lowest BCUT2D eigenvalue weighted by molar-refractivity contribution is -0.385. The Labute approximate surface area is 142 Å². The molecule has 8 heteroatoms. The lowest BCUT2D eigenvalue weighted by Crippen LogP contribution is -2.38. The summed E-state index contributed by atoms with van der Waals surface area (Å²) in [6, 6.07) is 9.35. The number of ether oxygens (including phenoxy) is 2. The van der Waals surface area contributed by atoms with Crippen molar-refractivity contribution in [3.8, 4) is 5.75 Å². The first kappa shape index (κ1) is 16.1. The van der Waals surface area contributed by atoms with Gasteiger partial charge in [0.25, 0.3) is 5.69 Å². The van der Waals surface area contributed by atoms with Gasteiger partial charge in [0.2, 0.25) is 0 Å². The van der Waals surface area contributed by atoms with Gasteiger partial charge in [-0.2, -0.15) is 0 Å². The van der Waals surface area contributed by atoms with Crippen molar-refractivity contribution in [2.24, 2.45) is 0 Å². The monoisotopic (exact) mass is 348 g/mol. The molecule has 0 bridgehead atoms. The highest BCUT2D eigenvalue weighted by Gasteiger charge is 2.42. The van der Waals surface area contributed by atoms with E-state index in [9.17, 15) is 14.9 Å². The van der Waals surface area contributed by atoms with Crippen LogP contribution in [0.4, 0.5) is 16.2 Å². The highest BCUT2D eigenvalue weighted by atomic mass is 35.5. The maximum absolute atomic E-state index is 12.0. The van der Waals surface area contributed by atoms with Crippen molar-refractivity contribution in [1.29, 1.82) is 0 Å². The topological polar surface area (TPSA) is 90.7 Å². The number of hydrogen-bond acceptors (Lipinski definition) is 5. The van der Waals surface area contributed by atoms with Gasteiger partial charge in [-0.1, -0.05) is 23.7 Å². The Bertz CT molecular complexity index is 837. The second-order valence-electron chi connectivity index (χ2n) is 5.38. The molecular weight excluding hydrogens is 336 g/mol. The van der Waals surface area contributed by atoms with Gasteiger partial charge in [-0.3, -0.25) is 15.4 Å². The minimum Gasteiger partial charge on any atom is -0.494 e. The number of methoxy groups -OCH3 is 1. The van der Waals surface area contributed by atoms with Crippen molar-refractivity contribution in [3.63, 3.8) is 0 Å². The molecular formula is C16H13ClN2O5. The zero-order valence-electron chi connectivity index (χ0n) is 12.8. The molecule has 0 fully saturated rings. The lowest BCUT2D eigenvalue weighted by Gasteiger charge is -2.36. The normalized spacial score (nSPS) is 19.0. The minimum absolute atomic E-state index is 0.162. The maximum atomic E-state index is 12.0. The number of anilines is 1. The molecule has 0 aromatic heterocycles. The van der Waals surface area contributed by atoms with E-state index in [1.54, 1.807) is 31.2 Å². The van der Waals surface area contributed by atoms with Crippen molar-refractivity contribution in [2.75, 3.05) is 12.4 Å². The lowest BCUT2D eigenvalue weighted by atomic mass is 9.85. The zero-order valence-corrected chi connectivity index (χ0v) is 13.6. The molecule has 124 valence electrons. The first-order chi connectivity index (χ1) is 11.3. The number of carbonyl (C=O) groups is 1. The van der Waals surface area contributed by atoms with Crippen molar-refractivity contribution in [3.05, 3.63) is 62.7 Å². The highest BCUT2D eigenvalue weighted by Crippen LogP contribution is 2.46. The fourth-order valence-electron chi connectivity index (χ4n) is 2.72. The van der Waals surface area contributed by atoms with E-state index >= 15 is 0 Å². The van der Waals surface area contributed by atoms with E-state index in [2.05, 4.69) is 5.32 Å². The molecule has 1 aliphatic rings. The molecule has 3 rings (SSSR count). The molecule has 7 nitrogen and oxygen atoms in total. The summed E-state index contributed by atoms with van der Waals surface area (Å²) in [7, 11) is 1.38. The van der Waals surface area contributed by atoms with Crippen LogP contribution in [0.5, 0.6) is 5.75 Å². The Kier molecular flexibility index (Phi) is 3.81. The molecule has 0 spiro atoms. The molecule has 2 aromatic carbocycles. The SMILES string of the molecule is COc1cc([N+](=O)[O-])cc2c1NC(=O)OC2(C)c1ccc(Cl)cc1. The predicted octanol–water partition coefficient (Wildman–Crippen LogP) is 4.08. The number of nitrogens with zero attached hydrogens (tertiary/aromatic N) is 1.